The molecule has 3 aromatic rings. The van der Waals surface area contributed by atoms with Crippen molar-refractivity contribution >= 4 is 34.6 Å². The minimum absolute atomic E-state index is 0.233. The maximum Gasteiger partial charge on any atom is 0.247 e. The molecule has 206 valence electrons. The van der Waals surface area contributed by atoms with Gasteiger partial charge in [0.2, 0.25) is 5.91 Å². The van der Waals surface area contributed by atoms with Crippen molar-refractivity contribution in [2.24, 2.45) is 0 Å². The Balaban J connectivity index is 1.97. The molecule has 10 nitrogen and oxygen atoms in total. The van der Waals surface area contributed by atoms with Gasteiger partial charge in [-0.25, -0.2) is 4.98 Å². The summed E-state index contributed by atoms with van der Waals surface area (Å²) in [5.74, 6) is 1.37. The van der Waals surface area contributed by atoms with Crippen LogP contribution in [0.15, 0.2) is 61.3 Å². The second-order valence-corrected chi connectivity index (χ2v) is 8.94. The summed E-state index contributed by atoms with van der Waals surface area (Å²) in [7, 11) is 10.6. The van der Waals surface area contributed by atoms with Crippen LogP contribution in [0.4, 0.5) is 22.9 Å². The Morgan fingerprint density at radius 2 is 1.67 bits per heavy atom. The SMILES string of the molecule is C=CC(=O)Nc1cc(Nc2cc(C(=O)c3ccc(OC)cc3OC)ccn2)c(OC)cc1N(C)CCN(C)C. The number of aromatic nitrogens is 1. The van der Waals surface area contributed by atoms with Gasteiger partial charge in [0.05, 0.1) is 44.0 Å². The Morgan fingerprint density at radius 3 is 2.31 bits per heavy atom. The number of amides is 1. The molecule has 0 unspecified atom stereocenters. The maximum atomic E-state index is 13.3. The third kappa shape index (κ3) is 7.26. The van der Waals surface area contributed by atoms with E-state index in [0.717, 1.165) is 18.8 Å². The lowest BCUT2D eigenvalue weighted by atomic mass is 10.0. The van der Waals surface area contributed by atoms with Crippen LogP contribution >= 0.6 is 0 Å². The average Bonchev–Trinajstić information content (AvgIpc) is 2.95. The van der Waals surface area contributed by atoms with Gasteiger partial charge < -0.3 is 34.6 Å². The van der Waals surface area contributed by atoms with Gasteiger partial charge in [0, 0.05) is 44.0 Å². The number of methoxy groups -OCH3 is 3. The highest BCUT2D eigenvalue weighted by atomic mass is 16.5. The molecule has 39 heavy (non-hydrogen) atoms. The van der Waals surface area contributed by atoms with Gasteiger partial charge in [-0.1, -0.05) is 6.58 Å². The fraction of sp³-hybridized carbons (Fsp3) is 0.276. The molecule has 10 heteroatoms. The first-order valence-electron chi connectivity index (χ1n) is 12.2. The molecule has 0 atom stereocenters. The topological polar surface area (TPSA) is 105 Å². The normalized spacial score (nSPS) is 10.5. The molecular weight excluding hydrogens is 498 g/mol. The van der Waals surface area contributed by atoms with E-state index < -0.39 is 0 Å². The molecular formula is C29H35N5O5. The zero-order valence-corrected chi connectivity index (χ0v) is 23.2. The third-order valence-electron chi connectivity index (χ3n) is 5.99. The predicted molar refractivity (Wildman–Crippen MR) is 154 cm³/mol. The van der Waals surface area contributed by atoms with Crippen LogP contribution in [-0.2, 0) is 4.79 Å². The number of benzene rings is 2. The minimum Gasteiger partial charge on any atom is -0.497 e. The number of carbonyl (C=O) groups excluding carboxylic acids is 2. The Morgan fingerprint density at radius 1 is 0.923 bits per heavy atom. The number of likely N-dealkylation sites (N-methyl/N-ethyl adjacent to an activating group) is 2. The summed E-state index contributed by atoms with van der Waals surface area (Å²) in [6, 6.07) is 11.9. The van der Waals surface area contributed by atoms with Crippen LogP contribution in [0, 0.1) is 0 Å². The first kappa shape index (κ1) is 29.0. The van der Waals surface area contributed by atoms with Crippen LogP contribution < -0.4 is 29.7 Å². The van der Waals surface area contributed by atoms with E-state index in [4.69, 9.17) is 14.2 Å². The fourth-order valence-electron chi connectivity index (χ4n) is 3.83. The van der Waals surface area contributed by atoms with E-state index in [1.165, 1.54) is 13.2 Å². The molecule has 1 heterocycles. The van der Waals surface area contributed by atoms with E-state index in [9.17, 15) is 9.59 Å². The largest absolute Gasteiger partial charge is 0.497 e. The van der Waals surface area contributed by atoms with Crippen molar-refractivity contribution in [1.29, 1.82) is 0 Å². The highest BCUT2D eigenvalue weighted by Gasteiger charge is 2.18. The van der Waals surface area contributed by atoms with Crippen LogP contribution in [0.1, 0.15) is 15.9 Å². The Hall–Kier alpha value is -4.57. The molecule has 0 radical (unpaired) electrons. The number of anilines is 4. The lowest BCUT2D eigenvalue weighted by Gasteiger charge is -2.26. The van der Waals surface area contributed by atoms with Crippen molar-refractivity contribution in [2.75, 3.05) is 71.1 Å². The molecule has 0 aliphatic rings. The average molecular weight is 534 g/mol. The Bertz CT molecular complexity index is 1340. The van der Waals surface area contributed by atoms with Crippen molar-refractivity contribution in [3.05, 3.63) is 72.4 Å². The van der Waals surface area contributed by atoms with Gasteiger partial charge in [-0.2, -0.15) is 0 Å². The molecule has 0 aliphatic carbocycles. The van der Waals surface area contributed by atoms with E-state index in [0.29, 0.717) is 45.6 Å². The van der Waals surface area contributed by atoms with Gasteiger partial charge in [0.1, 0.15) is 23.1 Å². The van der Waals surface area contributed by atoms with Crippen LogP contribution in [0.5, 0.6) is 17.2 Å². The number of nitrogens with zero attached hydrogens (tertiary/aromatic N) is 3. The van der Waals surface area contributed by atoms with Crippen LogP contribution in [0.3, 0.4) is 0 Å². The molecule has 3 rings (SSSR count). The van der Waals surface area contributed by atoms with E-state index in [1.807, 2.05) is 32.1 Å². The monoisotopic (exact) mass is 533 g/mol. The number of pyridine rings is 1. The Kier molecular flexibility index (Phi) is 9.88. The number of ether oxygens (including phenoxy) is 3. The van der Waals surface area contributed by atoms with Crippen molar-refractivity contribution < 1.29 is 23.8 Å². The van der Waals surface area contributed by atoms with Crippen molar-refractivity contribution in [3.63, 3.8) is 0 Å². The zero-order chi connectivity index (χ0) is 28.5. The van der Waals surface area contributed by atoms with E-state index >= 15 is 0 Å². The van der Waals surface area contributed by atoms with Crippen LogP contribution in [0.2, 0.25) is 0 Å². The molecule has 2 N–H and O–H groups in total. The number of rotatable bonds is 13. The second-order valence-electron chi connectivity index (χ2n) is 8.94. The van der Waals surface area contributed by atoms with E-state index in [2.05, 4.69) is 27.1 Å². The summed E-state index contributed by atoms with van der Waals surface area (Å²) in [6.45, 7) is 5.10. The fourth-order valence-corrected chi connectivity index (χ4v) is 3.83. The quantitative estimate of drug-likeness (QED) is 0.247. The predicted octanol–water partition coefficient (Wildman–Crippen LogP) is 4.20. The molecule has 0 bridgehead atoms. The third-order valence-corrected chi connectivity index (χ3v) is 5.99. The maximum absolute atomic E-state index is 13.3. The van der Waals surface area contributed by atoms with Gasteiger partial charge in [0.25, 0.3) is 0 Å². The molecule has 0 saturated heterocycles. The summed E-state index contributed by atoms with van der Waals surface area (Å²) < 4.78 is 16.3. The second kappa shape index (κ2) is 13.3. The smallest absolute Gasteiger partial charge is 0.247 e. The molecule has 1 amide bonds. The molecule has 1 aromatic heterocycles. The molecule has 2 aromatic carbocycles. The standard InChI is InChI=1S/C29H35N5O5/c1-8-28(35)32-22-17-23(26(39-7)18-24(22)34(4)14-13-33(2)3)31-27-15-19(11-12-30-27)29(36)21-10-9-20(37-5)16-25(21)38-6/h8-12,15-18H,1,13-14H2,2-7H3,(H,30,31)(H,32,35). The van der Waals surface area contributed by atoms with E-state index in [1.54, 1.807) is 56.8 Å². The van der Waals surface area contributed by atoms with Gasteiger partial charge in [-0.15, -0.1) is 0 Å². The Labute approximate surface area is 229 Å². The van der Waals surface area contributed by atoms with Gasteiger partial charge in [0.15, 0.2) is 5.78 Å². The summed E-state index contributed by atoms with van der Waals surface area (Å²) in [5.41, 5.74) is 2.71. The minimum atomic E-state index is -0.340. The lowest BCUT2D eigenvalue weighted by Crippen LogP contribution is -2.29. The number of hydrogen-bond donors (Lipinski definition) is 2. The van der Waals surface area contributed by atoms with Gasteiger partial charge >= 0.3 is 0 Å². The summed E-state index contributed by atoms with van der Waals surface area (Å²) >= 11 is 0. The van der Waals surface area contributed by atoms with E-state index in [-0.39, 0.29) is 11.7 Å². The summed E-state index contributed by atoms with van der Waals surface area (Å²) in [4.78, 5) is 34.0. The highest BCUT2D eigenvalue weighted by molar-refractivity contribution is 6.11. The first-order chi connectivity index (χ1) is 18.7. The number of carbonyl (C=O) groups is 2. The molecule has 0 saturated carbocycles. The first-order valence-corrected chi connectivity index (χ1v) is 12.2. The number of ketones is 1. The van der Waals surface area contributed by atoms with Crippen LogP contribution in [0.25, 0.3) is 0 Å². The number of nitrogens with one attached hydrogen (secondary N) is 2. The van der Waals surface area contributed by atoms with Gasteiger partial charge in [-0.3, -0.25) is 9.59 Å². The van der Waals surface area contributed by atoms with Crippen molar-refractivity contribution in [3.8, 4) is 17.2 Å². The number of hydrogen-bond acceptors (Lipinski definition) is 9. The van der Waals surface area contributed by atoms with Crippen molar-refractivity contribution in [1.82, 2.24) is 9.88 Å². The van der Waals surface area contributed by atoms with Crippen LogP contribution in [-0.4, -0.2) is 77.1 Å². The summed E-state index contributed by atoms with van der Waals surface area (Å²) in [6.07, 6.45) is 2.76. The highest BCUT2D eigenvalue weighted by Crippen LogP contribution is 2.38. The lowest BCUT2D eigenvalue weighted by molar-refractivity contribution is -0.111. The zero-order valence-electron chi connectivity index (χ0n) is 23.2. The molecule has 0 fully saturated rings. The molecule has 0 spiro atoms. The summed E-state index contributed by atoms with van der Waals surface area (Å²) in [5, 5.41) is 6.09. The van der Waals surface area contributed by atoms with Gasteiger partial charge in [-0.05, 0) is 50.5 Å². The van der Waals surface area contributed by atoms with Crippen molar-refractivity contribution in [2.45, 2.75) is 0 Å². The molecule has 0 aliphatic heterocycles.